The summed E-state index contributed by atoms with van der Waals surface area (Å²) in [5.41, 5.74) is -3.35. The van der Waals surface area contributed by atoms with Crippen molar-refractivity contribution in [2.24, 2.45) is 5.16 Å². The van der Waals surface area contributed by atoms with Crippen molar-refractivity contribution in [3.63, 3.8) is 0 Å². The third-order valence-electron chi connectivity index (χ3n) is 5.51. The number of halogens is 8. The SMILES string of the molecule is N#Cc1cc(C2=NOC(c3cc(Cl)cc(Cl)c3)(C(F)(F)F)C2)ccc1-n1cc(C(=O)NCC(F)(F)F)cn1. The molecule has 1 aromatic heterocycles. The number of nitriles is 1. The first-order valence-corrected chi connectivity index (χ1v) is 11.2. The van der Waals surface area contributed by atoms with Gasteiger partial charge in [-0.05, 0) is 30.3 Å². The lowest BCUT2D eigenvalue weighted by Gasteiger charge is -2.29. The van der Waals surface area contributed by atoms with Crippen LogP contribution in [0.1, 0.15) is 33.5 Å². The molecular formula is C23H13Cl2F6N5O2. The minimum absolute atomic E-state index is 0.0324. The first-order chi connectivity index (χ1) is 17.7. The van der Waals surface area contributed by atoms with Gasteiger partial charge in [0.1, 0.15) is 12.6 Å². The highest BCUT2D eigenvalue weighted by Gasteiger charge is 2.62. The molecule has 3 aromatic rings. The van der Waals surface area contributed by atoms with Crippen molar-refractivity contribution in [2.45, 2.75) is 24.4 Å². The van der Waals surface area contributed by atoms with E-state index in [1.807, 2.05) is 6.07 Å². The Hall–Kier alpha value is -3.76. The van der Waals surface area contributed by atoms with E-state index < -0.39 is 36.8 Å². The van der Waals surface area contributed by atoms with E-state index in [0.29, 0.717) is 0 Å². The number of oxime groups is 1. The first-order valence-electron chi connectivity index (χ1n) is 10.5. The molecule has 2 aromatic carbocycles. The number of carbonyl (C=O) groups is 1. The van der Waals surface area contributed by atoms with E-state index >= 15 is 0 Å². The number of hydrogen-bond donors (Lipinski definition) is 1. The van der Waals surface area contributed by atoms with Gasteiger partial charge in [0.2, 0.25) is 0 Å². The molecule has 1 aliphatic rings. The molecule has 2 heterocycles. The summed E-state index contributed by atoms with van der Waals surface area (Å²) in [5.74, 6) is -1.04. The number of hydrogen-bond acceptors (Lipinski definition) is 5. The fraction of sp³-hybridized carbons (Fsp3) is 0.217. The van der Waals surface area contributed by atoms with Crippen molar-refractivity contribution in [3.8, 4) is 11.8 Å². The number of amides is 1. The molecule has 15 heteroatoms. The van der Waals surface area contributed by atoms with Crippen LogP contribution in [0.2, 0.25) is 10.0 Å². The summed E-state index contributed by atoms with van der Waals surface area (Å²) >= 11 is 11.8. The van der Waals surface area contributed by atoms with E-state index in [-0.39, 0.29) is 43.7 Å². The molecule has 1 atom stereocenters. The lowest BCUT2D eigenvalue weighted by Crippen LogP contribution is -2.42. The van der Waals surface area contributed by atoms with Gasteiger partial charge in [-0.1, -0.05) is 34.4 Å². The summed E-state index contributed by atoms with van der Waals surface area (Å²) in [6.07, 6.45) is -8.16. The number of nitrogens with zero attached hydrogens (tertiary/aromatic N) is 4. The van der Waals surface area contributed by atoms with E-state index in [9.17, 15) is 36.4 Å². The molecule has 0 fully saturated rings. The highest BCUT2D eigenvalue weighted by atomic mass is 35.5. The van der Waals surface area contributed by atoms with E-state index in [2.05, 4.69) is 10.3 Å². The Morgan fingerprint density at radius 1 is 1.13 bits per heavy atom. The zero-order valence-corrected chi connectivity index (χ0v) is 20.2. The average molecular weight is 576 g/mol. The number of carbonyl (C=O) groups excluding carboxylic acids is 1. The van der Waals surface area contributed by atoms with E-state index in [4.69, 9.17) is 28.0 Å². The highest BCUT2D eigenvalue weighted by Crippen LogP contribution is 2.49. The summed E-state index contributed by atoms with van der Waals surface area (Å²) < 4.78 is 80.8. The van der Waals surface area contributed by atoms with Gasteiger partial charge in [0.05, 0.1) is 28.7 Å². The van der Waals surface area contributed by atoms with Gasteiger partial charge in [0.15, 0.2) is 0 Å². The lowest BCUT2D eigenvalue weighted by molar-refractivity contribution is -0.275. The van der Waals surface area contributed by atoms with Gasteiger partial charge in [0, 0.05) is 33.8 Å². The van der Waals surface area contributed by atoms with Crippen LogP contribution < -0.4 is 5.32 Å². The van der Waals surface area contributed by atoms with Crippen LogP contribution in [0.25, 0.3) is 5.69 Å². The topological polar surface area (TPSA) is 92.3 Å². The zero-order chi connectivity index (χ0) is 27.9. The maximum absolute atomic E-state index is 14.2. The Morgan fingerprint density at radius 3 is 2.42 bits per heavy atom. The van der Waals surface area contributed by atoms with Crippen molar-refractivity contribution in [3.05, 3.63) is 81.1 Å². The lowest BCUT2D eigenvalue weighted by atomic mass is 9.86. The number of aromatic nitrogens is 2. The maximum atomic E-state index is 14.2. The van der Waals surface area contributed by atoms with Crippen LogP contribution in [0.4, 0.5) is 26.3 Å². The fourth-order valence-electron chi connectivity index (χ4n) is 3.70. The normalized spacial score (nSPS) is 17.5. The Morgan fingerprint density at radius 2 is 1.82 bits per heavy atom. The van der Waals surface area contributed by atoms with Crippen LogP contribution >= 0.6 is 23.2 Å². The molecule has 0 spiro atoms. The molecule has 1 aliphatic heterocycles. The molecule has 7 nitrogen and oxygen atoms in total. The minimum Gasteiger partial charge on any atom is -0.374 e. The van der Waals surface area contributed by atoms with Gasteiger partial charge in [-0.3, -0.25) is 4.79 Å². The smallest absolute Gasteiger partial charge is 0.374 e. The predicted octanol–water partition coefficient (Wildman–Crippen LogP) is 5.93. The Labute approximate surface area is 220 Å². The van der Waals surface area contributed by atoms with E-state index in [1.54, 1.807) is 5.32 Å². The van der Waals surface area contributed by atoms with Crippen molar-refractivity contribution >= 4 is 34.8 Å². The number of benzene rings is 2. The third kappa shape index (κ3) is 5.41. The van der Waals surface area contributed by atoms with Crippen molar-refractivity contribution in [1.82, 2.24) is 15.1 Å². The summed E-state index contributed by atoms with van der Waals surface area (Å²) in [5, 5.41) is 18.8. The van der Waals surface area contributed by atoms with Crippen LogP contribution in [0.5, 0.6) is 0 Å². The molecule has 4 rings (SSSR count). The summed E-state index contributed by atoms with van der Waals surface area (Å²) in [6, 6.07) is 9.24. The molecule has 198 valence electrons. The largest absolute Gasteiger partial charge is 0.435 e. The molecule has 1 unspecified atom stereocenters. The molecule has 0 bridgehead atoms. The molecule has 38 heavy (non-hydrogen) atoms. The number of rotatable bonds is 5. The molecule has 1 N–H and O–H groups in total. The third-order valence-corrected chi connectivity index (χ3v) is 5.94. The molecule has 0 aliphatic carbocycles. The quantitative estimate of drug-likeness (QED) is 0.382. The first kappa shape index (κ1) is 27.3. The van der Waals surface area contributed by atoms with E-state index in [1.165, 1.54) is 24.3 Å². The van der Waals surface area contributed by atoms with Crippen LogP contribution in [0, 0.1) is 11.3 Å². The Kier molecular flexibility index (Phi) is 7.07. The van der Waals surface area contributed by atoms with Crippen LogP contribution in [-0.2, 0) is 10.4 Å². The summed E-state index contributed by atoms with van der Waals surface area (Å²) in [7, 11) is 0. The molecular weight excluding hydrogens is 563 g/mol. The van der Waals surface area contributed by atoms with Crippen LogP contribution in [0.3, 0.4) is 0 Å². The van der Waals surface area contributed by atoms with Gasteiger partial charge < -0.3 is 10.2 Å². The number of alkyl halides is 6. The minimum atomic E-state index is -4.91. The van der Waals surface area contributed by atoms with Gasteiger partial charge in [-0.2, -0.15) is 36.7 Å². The second-order valence-corrected chi connectivity index (χ2v) is 8.98. The number of nitrogens with one attached hydrogen (secondary N) is 1. The van der Waals surface area contributed by atoms with Gasteiger partial charge in [-0.15, -0.1) is 0 Å². The van der Waals surface area contributed by atoms with Crippen molar-refractivity contribution in [1.29, 1.82) is 5.26 Å². The molecule has 0 saturated carbocycles. The summed E-state index contributed by atoms with van der Waals surface area (Å²) in [4.78, 5) is 16.9. The average Bonchev–Trinajstić information content (AvgIpc) is 3.49. The van der Waals surface area contributed by atoms with Crippen LogP contribution in [0.15, 0.2) is 53.9 Å². The summed E-state index contributed by atoms with van der Waals surface area (Å²) in [6.45, 7) is -1.54. The second kappa shape index (κ2) is 9.85. The molecule has 1 amide bonds. The second-order valence-electron chi connectivity index (χ2n) is 8.10. The van der Waals surface area contributed by atoms with Gasteiger partial charge in [-0.25, -0.2) is 4.68 Å². The molecule has 0 radical (unpaired) electrons. The van der Waals surface area contributed by atoms with Crippen molar-refractivity contribution in [2.75, 3.05) is 6.54 Å². The van der Waals surface area contributed by atoms with Crippen molar-refractivity contribution < 1.29 is 36.0 Å². The Balaban J connectivity index is 1.62. The standard InChI is InChI=1S/C23H13Cl2F6N5O2/c24-16-4-15(5-17(25)6-16)21(23(29,30)31)7-18(35-38-21)12-1-2-19(13(3-12)8-32)36-10-14(9-34-36)20(37)33-11-22(26,27)28/h1-6,9-10H,7,11H2,(H,33,37). The van der Waals surface area contributed by atoms with Gasteiger partial charge in [0.25, 0.3) is 11.5 Å². The van der Waals surface area contributed by atoms with Gasteiger partial charge >= 0.3 is 12.4 Å². The predicted molar refractivity (Wildman–Crippen MR) is 123 cm³/mol. The zero-order valence-electron chi connectivity index (χ0n) is 18.7. The highest BCUT2D eigenvalue weighted by molar-refractivity contribution is 6.34. The molecule has 0 saturated heterocycles. The van der Waals surface area contributed by atoms with E-state index in [0.717, 1.165) is 29.2 Å². The van der Waals surface area contributed by atoms with Crippen LogP contribution in [-0.4, -0.2) is 40.3 Å². The maximum Gasteiger partial charge on any atom is 0.435 e. The fourth-order valence-corrected chi connectivity index (χ4v) is 4.23. The monoisotopic (exact) mass is 575 g/mol. The Bertz CT molecular complexity index is 1460.